The number of nitrogens with two attached hydrogens (primary N) is 2. The Morgan fingerprint density at radius 2 is 2.10 bits per heavy atom. The summed E-state index contributed by atoms with van der Waals surface area (Å²) in [5.74, 6) is 0.842. The van der Waals surface area contributed by atoms with Gasteiger partial charge in [0.25, 0.3) is 0 Å². The van der Waals surface area contributed by atoms with E-state index in [1.54, 1.807) is 24.4 Å². The highest BCUT2D eigenvalue weighted by atomic mass is 16.3. The third-order valence-electron chi connectivity index (χ3n) is 3.96. The summed E-state index contributed by atoms with van der Waals surface area (Å²) in [6, 6.07) is 7.08. The number of nitrogens with zero attached hydrogens (tertiary/aromatic N) is 1. The second-order valence-corrected chi connectivity index (χ2v) is 5.76. The van der Waals surface area contributed by atoms with Gasteiger partial charge in [-0.2, -0.15) is 0 Å². The largest absolute Gasteiger partial charge is 0.507 e. The Morgan fingerprint density at radius 3 is 2.81 bits per heavy atom. The molecule has 1 fully saturated rings. The van der Waals surface area contributed by atoms with Crippen molar-refractivity contribution in [3.05, 3.63) is 47.8 Å². The van der Waals surface area contributed by atoms with Crippen LogP contribution in [-0.4, -0.2) is 23.1 Å². The van der Waals surface area contributed by atoms with E-state index in [1.807, 2.05) is 12.1 Å². The van der Waals surface area contributed by atoms with E-state index in [9.17, 15) is 5.11 Å². The van der Waals surface area contributed by atoms with Crippen LogP contribution in [0, 0.1) is 5.92 Å². The Hall–Kier alpha value is -2.10. The first-order valence-electron chi connectivity index (χ1n) is 7.54. The van der Waals surface area contributed by atoms with Crippen molar-refractivity contribution in [1.82, 2.24) is 4.90 Å². The minimum absolute atomic E-state index is 0.187. The molecule has 0 bridgehead atoms. The van der Waals surface area contributed by atoms with Crippen LogP contribution in [-0.2, 0) is 0 Å². The van der Waals surface area contributed by atoms with Crippen molar-refractivity contribution in [1.29, 1.82) is 0 Å². The lowest BCUT2D eigenvalue weighted by atomic mass is 10.1. The highest BCUT2D eigenvalue weighted by Crippen LogP contribution is 2.24. The molecule has 1 saturated heterocycles. The fourth-order valence-corrected chi connectivity index (χ4v) is 2.79. The second-order valence-electron chi connectivity index (χ2n) is 5.76. The van der Waals surface area contributed by atoms with Crippen LogP contribution >= 0.6 is 0 Å². The summed E-state index contributed by atoms with van der Waals surface area (Å²) in [7, 11) is 0. The smallest absolute Gasteiger partial charge is 0.124 e. The summed E-state index contributed by atoms with van der Waals surface area (Å²) in [5.41, 5.74) is 14.0. The molecule has 0 spiro atoms. The van der Waals surface area contributed by atoms with Crippen LogP contribution in [0.5, 0.6) is 5.75 Å². The molecule has 0 unspecified atom stereocenters. The van der Waals surface area contributed by atoms with E-state index in [2.05, 4.69) is 11.8 Å². The van der Waals surface area contributed by atoms with Crippen molar-refractivity contribution >= 4 is 5.70 Å². The van der Waals surface area contributed by atoms with E-state index in [1.165, 1.54) is 19.3 Å². The minimum atomic E-state index is 0.187. The molecule has 1 aliphatic heterocycles. The van der Waals surface area contributed by atoms with Crippen LogP contribution in [0.4, 0.5) is 0 Å². The first-order chi connectivity index (χ1) is 10.1. The Labute approximate surface area is 126 Å². The van der Waals surface area contributed by atoms with Crippen LogP contribution in [0.25, 0.3) is 5.70 Å². The van der Waals surface area contributed by atoms with Gasteiger partial charge in [-0.3, -0.25) is 0 Å². The highest BCUT2D eigenvalue weighted by Gasteiger charge is 2.16. The van der Waals surface area contributed by atoms with Gasteiger partial charge in [0, 0.05) is 30.5 Å². The lowest BCUT2D eigenvalue weighted by Crippen LogP contribution is -2.27. The molecule has 5 N–H and O–H groups in total. The third-order valence-corrected chi connectivity index (χ3v) is 3.96. The summed E-state index contributed by atoms with van der Waals surface area (Å²) in [5, 5.41) is 9.88. The lowest BCUT2D eigenvalue weighted by molar-refractivity contribution is 0.327. The summed E-state index contributed by atoms with van der Waals surface area (Å²) < 4.78 is 0. The van der Waals surface area contributed by atoms with Crippen LogP contribution in [0.15, 0.2) is 42.2 Å². The fraction of sp³-hybridized carbons (Fsp3) is 0.412. The van der Waals surface area contributed by atoms with Gasteiger partial charge in [-0.05, 0) is 37.0 Å². The van der Waals surface area contributed by atoms with E-state index in [4.69, 9.17) is 11.5 Å². The van der Waals surface area contributed by atoms with Gasteiger partial charge in [0.2, 0.25) is 0 Å². The van der Waals surface area contributed by atoms with Crippen LogP contribution in [0.1, 0.15) is 31.7 Å². The summed E-state index contributed by atoms with van der Waals surface area (Å²) in [6.07, 6.45) is 7.14. The van der Waals surface area contributed by atoms with E-state index in [-0.39, 0.29) is 5.75 Å². The van der Waals surface area contributed by atoms with Gasteiger partial charge in [0.05, 0.1) is 5.70 Å². The Kier molecular flexibility index (Phi) is 5.14. The maximum absolute atomic E-state index is 9.88. The van der Waals surface area contributed by atoms with Crippen molar-refractivity contribution < 1.29 is 5.11 Å². The normalized spacial score (nSPS) is 21.2. The molecule has 1 aliphatic rings. The highest BCUT2D eigenvalue weighted by molar-refractivity contribution is 5.69. The molecule has 0 aliphatic carbocycles. The lowest BCUT2D eigenvalue weighted by Gasteiger charge is -2.26. The van der Waals surface area contributed by atoms with Gasteiger partial charge in [-0.25, -0.2) is 0 Å². The number of aromatic hydroxyl groups is 1. The van der Waals surface area contributed by atoms with Crippen molar-refractivity contribution in [2.45, 2.75) is 26.2 Å². The van der Waals surface area contributed by atoms with Gasteiger partial charge in [0.1, 0.15) is 5.75 Å². The standard InChI is InChI=1S/C17H25N3O/c1-13-6-4-5-9-20(12-13)14(11-18)10-16(19)15-7-2-3-8-17(15)21/h2-3,7-8,10-11,13,21H,4-6,9,12,18-19H2,1H3/b14-11-,16-10-/t13-/m1/s1. The molecule has 2 rings (SSSR count). The van der Waals surface area contributed by atoms with Crippen LogP contribution in [0.3, 0.4) is 0 Å². The predicted octanol–water partition coefficient (Wildman–Crippen LogP) is 2.61. The summed E-state index contributed by atoms with van der Waals surface area (Å²) in [4.78, 5) is 2.28. The zero-order valence-corrected chi connectivity index (χ0v) is 12.6. The van der Waals surface area contributed by atoms with Gasteiger partial charge < -0.3 is 21.5 Å². The summed E-state index contributed by atoms with van der Waals surface area (Å²) >= 11 is 0. The average molecular weight is 287 g/mol. The predicted molar refractivity (Wildman–Crippen MR) is 87.1 cm³/mol. The molecule has 4 heteroatoms. The van der Waals surface area contributed by atoms with Crippen LogP contribution in [0.2, 0.25) is 0 Å². The van der Waals surface area contributed by atoms with Gasteiger partial charge in [-0.1, -0.05) is 25.5 Å². The molecule has 0 aromatic heterocycles. The van der Waals surface area contributed by atoms with Crippen LogP contribution < -0.4 is 11.5 Å². The van der Waals surface area contributed by atoms with Crippen molar-refractivity contribution in [2.24, 2.45) is 17.4 Å². The minimum Gasteiger partial charge on any atom is -0.507 e. The van der Waals surface area contributed by atoms with Gasteiger partial charge in [0.15, 0.2) is 0 Å². The van der Waals surface area contributed by atoms with E-state index < -0.39 is 0 Å². The Bertz CT molecular complexity index is 537. The number of hydrogen-bond acceptors (Lipinski definition) is 4. The molecular formula is C17H25N3O. The van der Waals surface area contributed by atoms with Gasteiger partial charge >= 0.3 is 0 Å². The number of allylic oxidation sites excluding steroid dienone is 1. The molecule has 114 valence electrons. The SMILES string of the molecule is C[C@@H]1CCCCN(C(/C=C(\N)c2ccccc2O)=C\N)C1. The number of para-hydroxylation sites is 1. The molecule has 1 atom stereocenters. The third kappa shape index (κ3) is 3.94. The zero-order valence-electron chi connectivity index (χ0n) is 12.6. The van der Waals surface area contributed by atoms with Gasteiger partial charge in [-0.15, -0.1) is 0 Å². The zero-order chi connectivity index (χ0) is 15.2. The summed E-state index contributed by atoms with van der Waals surface area (Å²) in [6.45, 7) is 4.26. The maximum atomic E-state index is 9.88. The van der Waals surface area contributed by atoms with Crippen molar-refractivity contribution in [3.8, 4) is 5.75 Å². The number of phenols is 1. The first-order valence-corrected chi connectivity index (χ1v) is 7.54. The molecule has 0 saturated carbocycles. The Balaban J connectivity index is 2.21. The first kappa shape index (κ1) is 15.3. The van der Waals surface area contributed by atoms with Crippen molar-refractivity contribution in [3.63, 3.8) is 0 Å². The molecule has 1 heterocycles. The topological polar surface area (TPSA) is 75.5 Å². The number of likely N-dealkylation sites (tertiary alicyclic amines) is 1. The molecule has 4 nitrogen and oxygen atoms in total. The van der Waals surface area contributed by atoms with E-state index >= 15 is 0 Å². The van der Waals surface area contributed by atoms with E-state index in [0.29, 0.717) is 17.2 Å². The number of rotatable bonds is 3. The number of benzene rings is 1. The fourth-order valence-electron chi connectivity index (χ4n) is 2.79. The molecular weight excluding hydrogens is 262 g/mol. The molecule has 21 heavy (non-hydrogen) atoms. The number of phenolic OH excluding ortho intramolecular Hbond substituents is 1. The average Bonchev–Trinajstić information content (AvgIpc) is 2.69. The molecule has 1 aromatic rings. The second kappa shape index (κ2) is 7.07. The maximum Gasteiger partial charge on any atom is 0.124 e. The Morgan fingerprint density at radius 1 is 1.33 bits per heavy atom. The molecule has 0 amide bonds. The monoisotopic (exact) mass is 287 g/mol. The molecule has 1 aromatic carbocycles. The number of hydrogen-bond donors (Lipinski definition) is 3. The van der Waals surface area contributed by atoms with E-state index in [0.717, 1.165) is 18.8 Å². The van der Waals surface area contributed by atoms with Crippen molar-refractivity contribution in [2.75, 3.05) is 13.1 Å². The molecule has 0 radical (unpaired) electrons. The quantitative estimate of drug-likeness (QED) is 0.747.